The molecule has 5 heteroatoms. The van der Waals surface area contributed by atoms with Crippen molar-refractivity contribution in [3.63, 3.8) is 0 Å². The highest BCUT2D eigenvalue weighted by Crippen LogP contribution is 2.20. The van der Waals surface area contributed by atoms with Crippen LogP contribution in [0.5, 0.6) is 5.75 Å². The van der Waals surface area contributed by atoms with Gasteiger partial charge in [0.2, 0.25) is 5.91 Å². The molecule has 2 aliphatic rings. The number of benzene rings is 2. The van der Waals surface area contributed by atoms with E-state index in [1.807, 2.05) is 41.3 Å². The Morgan fingerprint density at radius 3 is 2.31 bits per heavy atom. The van der Waals surface area contributed by atoms with Crippen molar-refractivity contribution in [3.8, 4) is 17.6 Å². The molecule has 0 bridgehead atoms. The van der Waals surface area contributed by atoms with Crippen molar-refractivity contribution in [2.75, 3.05) is 52.9 Å². The van der Waals surface area contributed by atoms with Crippen molar-refractivity contribution >= 4 is 5.91 Å². The first kappa shape index (κ1) is 22.4. The first-order valence-electron chi connectivity index (χ1n) is 11.6. The maximum atomic E-state index is 12.8. The number of methoxy groups -OCH3 is 1. The lowest BCUT2D eigenvalue weighted by atomic mass is 9.97. The summed E-state index contributed by atoms with van der Waals surface area (Å²) < 4.78 is 5.47. The van der Waals surface area contributed by atoms with Gasteiger partial charge < -0.3 is 9.64 Å². The van der Waals surface area contributed by atoms with Crippen LogP contribution in [0.3, 0.4) is 0 Å². The van der Waals surface area contributed by atoms with Gasteiger partial charge in [-0.25, -0.2) is 0 Å². The van der Waals surface area contributed by atoms with E-state index >= 15 is 0 Å². The van der Waals surface area contributed by atoms with Crippen LogP contribution in [0.4, 0.5) is 0 Å². The molecule has 2 saturated heterocycles. The molecule has 4 rings (SSSR count). The highest BCUT2D eigenvalue weighted by Gasteiger charge is 2.25. The predicted molar refractivity (Wildman–Crippen MR) is 127 cm³/mol. The molecule has 2 aromatic rings. The maximum Gasteiger partial charge on any atom is 0.236 e. The maximum absolute atomic E-state index is 12.8. The highest BCUT2D eigenvalue weighted by molar-refractivity contribution is 5.78. The third-order valence-electron chi connectivity index (χ3n) is 6.45. The Morgan fingerprint density at radius 2 is 1.59 bits per heavy atom. The fourth-order valence-electron chi connectivity index (χ4n) is 4.46. The summed E-state index contributed by atoms with van der Waals surface area (Å²) in [6.07, 6.45) is 2.08. The van der Waals surface area contributed by atoms with E-state index in [0.29, 0.717) is 12.5 Å². The van der Waals surface area contributed by atoms with Crippen molar-refractivity contribution in [1.29, 1.82) is 0 Å². The molecule has 0 saturated carbocycles. The molecule has 5 nitrogen and oxygen atoms in total. The molecule has 0 atom stereocenters. The van der Waals surface area contributed by atoms with Gasteiger partial charge in [-0.3, -0.25) is 14.6 Å². The van der Waals surface area contributed by atoms with Crippen LogP contribution >= 0.6 is 0 Å². The molecule has 0 spiro atoms. The summed E-state index contributed by atoms with van der Waals surface area (Å²) in [4.78, 5) is 19.6. The number of nitrogens with zero attached hydrogens (tertiary/aromatic N) is 3. The van der Waals surface area contributed by atoms with Crippen molar-refractivity contribution in [2.45, 2.75) is 19.4 Å². The van der Waals surface area contributed by atoms with Crippen LogP contribution in [0.1, 0.15) is 24.0 Å². The van der Waals surface area contributed by atoms with Crippen LogP contribution in [0.15, 0.2) is 54.6 Å². The number of hydrogen-bond donors (Lipinski definition) is 0. The number of piperazine rings is 1. The second-order valence-electron chi connectivity index (χ2n) is 8.65. The van der Waals surface area contributed by atoms with Crippen LogP contribution in [0, 0.1) is 17.8 Å². The monoisotopic (exact) mass is 431 g/mol. The molecule has 0 unspecified atom stereocenters. The predicted octanol–water partition coefficient (Wildman–Crippen LogP) is 3.10. The summed E-state index contributed by atoms with van der Waals surface area (Å²) >= 11 is 0. The van der Waals surface area contributed by atoms with Gasteiger partial charge in [-0.15, -0.1) is 0 Å². The summed E-state index contributed by atoms with van der Waals surface area (Å²) in [5.41, 5.74) is 2.28. The zero-order chi connectivity index (χ0) is 22.2. The number of para-hydroxylation sites is 1. The Morgan fingerprint density at radius 1 is 0.906 bits per heavy atom. The molecule has 2 fully saturated rings. The van der Waals surface area contributed by atoms with Gasteiger partial charge >= 0.3 is 0 Å². The van der Waals surface area contributed by atoms with Gasteiger partial charge in [-0.1, -0.05) is 48.2 Å². The summed E-state index contributed by atoms with van der Waals surface area (Å²) in [7, 11) is 1.72. The van der Waals surface area contributed by atoms with Crippen LogP contribution in [-0.2, 0) is 11.3 Å². The summed E-state index contributed by atoms with van der Waals surface area (Å²) in [6.45, 7) is 6.71. The molecule has 2 aromatic carbocycles. The number of ether oxygens (including phenoxy) is 1. The van der Waals surface area contributed by atoms with Gasteiger partial charge in [-0.2, -0.15) is 0 Å². The summed E-state index contributed by atoms with van der Waals surface area (Å²) in [5.74, 6) is 8.34. The van der Waals surface area contributed by atoms with Gasteiger partial charge in [0.05, 0.1) is 13.7 Å². The zero-order valence-electron chi connectivity index (χ0n) is 19.0. The molecular formula is C27H33N3O2. The quantitative estimate of drug-likeness (QED) is 0.682. The van der Waals surface area contributed by atoms with Crippen molar-refractivity contribution in [2.24, 2.45) is 5.92 Å². The largest absolute Gasteiger partial charge is 0.496 e. The average molecular weight is 432 g/mol. The van der Waals surface area contributed by atoms with Gasteiger partial charge in [0, 0.05) is 49.8 Å². The van der Waals surface area contributed by atoms with Crippen LogP contribution in [-0.4, -0.2) is 73.5 Å². The lowest BCUT2D eigenvalue weighted by Crippen LogP contribution is -2.51. The number of rotatable bonds is 5. The minimum absolute atomic E-state index is 0.260. The Balaban J connectivity index is 1.18. The molecule has 168 valence electrons. The SMILES string of the molecule is COc1ccccc1CN1CCN(C(=O)CN2CCC(C#Cc3ccccc3)CC2)CC1. The lowest BCUT2D eigenvalue weighted by molar-refractivity contribution is -0.134. The highest BCUT2D eigenvalue weighted by atomic mass is 16.5. The fraction of sp³-hybridized carbons (Fsp3) is 0.444. The van der Waals surface area contributed by atoms with E-state index in [2.05, 4.69) is 39.8 Å². The first-order valence-corrected chi connectivity index (χ1v) is 11.6. The molecule has 0 aliphatic carbocycles. The lowest BCUT2D eigenvalue weighted by Gasteiger charge is -2.37. The van der Waals surface area contributed by atoms with E-state index in [9.17, 15) is 4.79 Å². The van der Waals surface area contributed by atoms with E-state index < -0.39 is 0 Å². The molecule has 0 radical (unpaired) electrons. The molecule has 2 heterocycles. The Kier molecular flexibility index (Phi) is 7.82. The average Bonchev–Trinajstić information content (AvgIpc) is 2.85. The van der Waals surface area contributed by atoms with E-state index in [1.165, 1.54) is 5.56 Å². The number of piperidine rings is 1. The number of amides is 1. The molecule has 1 amide bonds. The molecule has 2 aliphatic heterocycles. The van der Waals surface area contributed by atoms with E-state index in [4.69, 9.17) is 4.74 Å². The van der Waals surface area contributed by atoms with Gasteiger partial charge in [0.15, 0.2) is 0 Å². The standard InChI is InChI=1S/C27H33N3O2/c1-32-26-10-6-5-9-25(26)21-29-17-19-30(20-18-29)27(31)22-28-15-13-24(14-16-28)12-11-23-7-3-2-4-8-23/h2-10,24H,13-22H2,1H3. The molecule has 0 aromatic heterocycles. The molecular weight excluding hydrogens is 398 g/mol. The molecule has 0 N–H and O–H groups in total. The van der Waals surface area contributed by atoms with Crippen LogP contribution in [0.2, 0.25) is 0 Å². The van der Waals surface area contributed by atoms with E-state index in [0.717, 1.165) is 70.0 Å². The second-order valence-corrected chi connectivity index (χ2v) is 8.65. The third-order valence-corrected chi connectivity index (χ3v) is 6.45. The second kappa shape index (κ2) is 11.2. The van der Waals surface area contributed by atoms with Crippen molar-refractivity contribution in [3.05, 3.63) is 65.7 Å². The Labute approximate surface area is 192 Å². The van der Waals surface area contributed by atoms with Crippen LogP contribution < -0.4 is 4.74 Å². The third kappa shape index (κ3) is 6.12. The Bertz CT molecular complexity index is 934. The summed E-state index contributed by atoms with van der Waals surface area (Å²) in [6, 6.07) is 18.3. The van der Waals surface area contributed by atoms with E-state index in [1.54, 1.807) is 7.11 Å². The fourth-order valence-corrected chi connectivity index (χ4v) is 4.46. The first-order chi connectivity index (χ1) is 15.7. The number of carbonyl (C=O) groups excluding carboxylic acids is 1. The van der Waals surface area contributed by atoms with Crippen molar-refractivity contribution < 1.29 is 9.53 Å². The van der Waals surface area contributed by atoms with Crippen LogP contribution in [0.25, 0.3) is 0 Å². The minimum Gasteiger partial charge on any atom is -0.496 e. The Hall–Kier alpha value is -2.81. The zero-order valence-corrected chi connectivity index (χ0v) is 19.0. The van der Waals surface area contributed by atoms with E-state index in [-0.39, 0.29) is 5.91 Å². The number of hydrogen-bond acceptors (Lipinski definition) is 4. The number of carbonyl (C=O) groups is 1. The van der Waals surface area contributed by atoms with Gasteiger partial charge in [0.25, 0.3) is 0 Å². The number of likely N-dealkylation sites (tertiary alicyclic amines) is 1. The molecule has 32 heavy (non-hydrogen) atoms. The topological polar surface area (TPSA) is 36.0 Å². The summed E-state index contributed by atoms with van der Waals surface area (Å²) in [5, 5.41) is 0. The van der Waals surface area contributed by atoms with Gasteiger partial charge in [-0.05, 0) is 44.1 Å². The van der Waals surface area contributed by atoms with Gasteiger partial charge in [0.1, 0.15) is 5.75 Å². The minimum atomic E-state index is 0.260. The van der Waals surface area contributed by atoms with Crippen molar-refractivity contribution in [1.82, 2.24) is 14.7 Å². The smallest absolute Gasteiger partial charge is 0.236 e. The normalized spacial score (nSPS) is 18.1.